The van der Waals surface area contributed by atoms with Gasteiger partial charge in [-0.15, -0.1) is 11.3 Å². The average molecular weight is 356 g/mol. The van der Waals surface area contributed by atoms with Crippen LogP contribution >= 0.6 is 27.3 Å². The minimum atomic E-state index is -3.25. The van der Waals surface area contributed by atoms with E-state index in [1.54, 1.807) is 7.05 Å². The molecule has 104 valence electrons. The van der Waals surface area contributed by atoms with E-state index < -0.39 is 10.0 Å². The monoisotopic (exact) mass is 355 g/mol. The van der Waals surface area contributed by atoms with Gasteiger partial charge in [0, 0.05) is 28.3 Å². The van der Waals surface area contributed by atoms with Crippen molar-refractivity contribution >= 4 is 37.3 Å². The van der Waals surface area contributed by atoms with E-state index in [1.807, 2.05) is 25.3 Å². The predicted octanol–water partition coefficient (Wildman–Crippen LogP) is 2.70. The molecule has 0 radical (unpaired) electrons. The minimum Gasteiger partial charge on any atom is -0.378 e. The quantitative estimate of drug-likeness (QED) is 0.755. The molecule has 0 N–H and O–H groups in total. The Kier molecular flexibility index (Phi) is 6.26. The summed E-state index contributed by atoms with van der Waals surface area (Å²) in [6.07, 6.45) is 0.0544. The molecule has 0 aromatic carbocycles. The maximum absolute atomic E-state index is 12.0. The van der Waals surface area contributed by atoms with Crippen molar-refractivity contribution in [3.63, 3.8) is 0 Å². The number of thiophene rings is 1. The molecule has 1 heterocycles. The van der Waals surface area contributed by atoms with Gasteiger partial charge in [0.05, 0.1) is 18.5 Å². The molecule has 0 unspecified atom stereocenters. The highest BCUT2D eigenvalue weighted by Gasteiger charge is 2.18. The third kappa shape index (κ3) is 5.36. The lowest BCUT2D eigenvalue weighted by Crippen LogP contribution is -2.30. The van der Waals surface area contributed by atoms with Gasteiger partial charge < -0.3 is 4.74 Å². The van der Waals surface area contributed by atoms with Crippen molar-refractivity contribution in [1.29, 1.82) is 0 Å². The zero-order chi connectivity index (χ0) is 13.8. The van der Waals surface area contributed by atoms with Crippen LogP contribution in [0.5, 0.6) is 0 Å². The van der Waals surface area contributed by atoms with Crippen LogP contribution in [-0.2, 0) is 21.3 Å². The molecule has 0 aliphatic rings. The number of nitrogens with zero attached hydrogens (tertiary/aromatic N) is 1. The van der Waals surface area contributed by atoms with Gasteiger partial charge in [-0.25, -0.2) is 8.42 Å². The van der Waals surface area contributed by atoms with E-state index in [-0.39, 0.29) is 18.5 Å². The Hall–Kier alpha value is 0.0500. The minimum absolute atomic E-state index is 0.0220. The molecule has 0 saturated heterocycles. The van der Waals surface area contributed by atoms with E-state index in [1.165, 1.54) is 15.6 Å². The van der Waals surface area contributed by atoms with Crippen LogP contribution in [0.2, 0.25) is 0 Å². The van der Waals surface area contributed by atoms with Crippen molar-refractivity contribution < 1.29 is 13.2 Å². The van der Waals surface area contributed by atoms with E-state index in [2.05, 4.69) is 15.9 Å². The van der Waals surface area contributed by atoms with Gasteiger partial charge in [-0.2, -0.15) is 4.31 Å². The average Bonchev–Trinajstić information content (AvgIpc) is 2.63. The highest BCUT2D eigenvalue weighted by molar-refractivity contribution is 9.10. The van der Waals surface area contributed by atoms with Crippen LogP contribution < -0.4 is 0 Å². The second kappa shape index (κ2) is 7.00. The van der Waals surface area contributed by atoms with Gasteiger partial charge in [0.1, 0.15) is 0 Å². The molecule has 1 aromatic rings. The zero-order valence-corrected chi connectivity index (χ0v) is 13.9. The molecule has 0 spiro atoms. The second-order valence-electron chi connectivity index (χ2n) is 4.22. The van der Waals surface area contributed by atoms with Crippen molar-refractivity contribution in [3.8, 4) is 0 Å². The summed E-state index contributed by atoms with van der Waals surface area (Å²) in [6.45, 7) is 4.41. The van der Waals surface area contributed by atoms with Crippen molar-refractivity contribution in [2.45, 2.75) is 26.5 Å². The van der Waals surface area contributed by atoms with Crippen molar-refractivity contribution in [2.24, 2.45) is 0 Å². The first-order chi connectivity index (χ1) is 8.31. The fourth-order valence-corrected chi connectivity index (χ4v) is 3.84. The van der Waals surface area contributed by atoms with Gasteiger partial charge in [-0.05, 0) is 35.8 Å². The molecule has 0 amide bonds. The van der Waals surface area contributed by atoms with Crippen LogP contribution in [0.15, 0.2) is 15.9 Å². The Morgan fingerprint density at radius 2 is 2.17 bits per heavy atom. The summed E-state index contributed by atoms with van der Waals surface area (Å²) in [4.78, 5) is 1.01. The fraction of sp³-hybridized carbons (Fsp3) is 0.636. The van der Waals surface area contributed by atoms with Gasteiger partial charge in [0.25, 0.3) is 0 Å². The van der Waals surface area contributed by atoms with E-state index in [4.69, 9.17) is 4.74 Å². The number of halogens is 1. The lowest BCUT2D eigenvalue weighted by molar-refractivity contribution is 0.0907. The SMILES string of the molecule is CC(C)OCCS(=O)(=O)N(C)Cc1cc(Br)cs1. The van der Waals surface area contributed by atoms with Gasteiger partial charge >= 0.3 is 0 Å². The van der Waals surface area contributed by atoms with Crippen LogP contribution in [0, 0.1) is 0 Å². The number of hydrogen-bond donors (Lipinski definition) is 0. The fourth-order valence-electron chi connectivity index (χ4n) is 1.30. The standard InChI is InChI=1S/C11H18BrNO3S2/c1-9(2)16-4-5-18(14,15)13(3)7-11-6-10(12)8-17-11/h6,8-9H,4-5,7H2,1-3H3. The first-order valence-electron chi connectivity index (χ1n) is 5.60. The highest BCUT2D eigenvalue weighted by atomic mass is 79.9. The maximum atomic E-state index is 12.0. The van der Waals surface area contributed by atoms with Gasteiger partial charge in [0.2, 0.25) is 10.0 Å². The second-order valence-corrected chi connectivity index (χ2v) is 8.33. The topological polar surface area (TPSA) is 46.6 Å². The molecule has 1 rings (SSSR count). The van der Waals surface area contributed by atoms with E-state index in [0.717, 1.165) is 9.35 Å². The summed E-state index contributed by atoms with van der Waals surface area (Å²) < 4.78 is 31.5. The molecular weight excluding hydrogens is 338 g/mol. The van der Waals surface area contributed by atoms with Crippen LogP contribution in [0.3, 0.4) is 0 Å². The highest BCUT2D eigenvalue weighted by Crippen LogP contribution is 2.21. The smallest absolute Gasteiger partial charge is 0.216 e. The number of sulfonamides is 1. The molecule has 0 bridgehead atoms. The zero-order valence-electron chi connectivity index (χ0n) is 10.7. The van der Waals surface area contributed by atoms with E-state index in [0.29, 0.717) is 6.54 Å². The van der Waals surface area contributed by atoms with E-state index in [9.17, 15) is 8.42 Å². The first-order valence-corrected chi connectivity index (χ1v) is 8.88. The van der Waals surface area contributed by atoms with Gasteiger partial charge in [-0.1, -0.05) is 0 Å². The summed E-state index contributed by atoms with van der Waals surface area (Å²) in [5.41, 5.74) is 0. The largest absolute Gasteiger partial charge is 0.378 e. The van der Waals surface area contributed by atoms with Crippen LogP contribution in [0.1, 0.15) is 18.7 Å². The van der Waals surface area contributed by atoms with Crippen molar-refractivity contribution in [2.75, 3.05) is 19.4 Å². The molecule has 0 aliphatic carbocycles. The Morgan fingerprint density at radius 3 is 2.67 bits per heavy atom. The predicted molar refractivity (Wildman–Crippen MR) is 78.4 cm³/mol. The van der Waals surface area contributed by atoms with Crippen LogP contribution in [0.25, 0.3) is 0 Å². The molecule has 0 atom stereocenters. The summed E-state index contributed by atoms with van der Waals surface area (Å²) in [6, 6.07) is 1.93. The summed E-state index contributed by atoms with van der Waals surface area (Å²) in [7, 11) is -1.65. The van der Waals surface area contributed by atoms with Gasteiger partial charge in [0.15, 0.2) is 0 Å². The lowest BCUT2D eigenvalue weighted by atomic mass is 10.5. The molecule has 1 aromatic heterocycles. The lowest BCUT2D eigenvalue weighted by Gasteiger charge is -2.16. The molecular formula is C11H18BrNO3S2. The first kappa shape index (κ1) is 16.1. The molecule has 0 aliphatic heterocycles. The molecule has 7 heteroatoms. The number of hydrogen-bond acceptors (Lipinski definition) is 4. The third-order valence-corrected chi connectivity index (χ3v) is 5.71. The summed E-state index contributed by atoms with van der Waals surface area (Å²) in [5.74, 6) is 0.0220. The Labute approximate surface area is 121 Å². The Morgan fingerprint density at radius 1 is 1.50 bits per heavy atom. The normalized spacial score (nSPS) is 12.6. The van der Waals surface area contributed by atoms with E-state index >= 15 is 0 Å². The summed E-state index contributed by atoms with van der Waals surface area (Å²) in [5, 5.41) is 1.94. The number of ether oxygens (including phenoxy) is 1. The third-order valence-electron chi connectivity index (χ3n) is 2.27. The molecule has 0 saturated carbocycles. The maximum Gasteiger partial charge on any atom is 0.216 e. The summed E-state index contributed by atoms with van der Waals surface area (Å²) >= 11 is 4.89. The number of rotatable bonds is 7. The molecule has 0 fully saturated rings. The van der Waals surface area contributed by atoms with Crippen LogP contribution in [-0.4, -0.2) is 38.2 Å². The Balaban J connectivity index is 2.51. The van der Waals surface area contributed by atoms with Crippen molar-refractivity contribution in [3.05, 3.63) is 20.8 Å². The van der Waals surface area contributed by atoms with Gasteiger partial charge in [-0.3, -0.25) is 0 Å². The Bertz CT molecular complexity index is 470. The van der Waals surface area contributed by atoms with Crippen LogP contribution in [0.4, 0.5) is 0 Å². The molecule has 18 heavy (non-hydrogen) atoms. The molecule has 4 nitrogen and oxygen atoms in total. The van der Waals surface area contributed by atoms with Crippen molar-refractivity contribution in [1.82, 2.24) is 4.31 Å².